The van der Waals surface area contributed by atoms with Gasteiger partial charge < -0.3 is 18.6 Å². The molecule has 0 radical (unpaired) electrons. The van der Waals surface area contributed by atoms with Gasteiger partial charge in [0.25, 0.3) is 0 Å². The maximum Gasteiger partial charge on any atom is 0.338 e. The smallest absolute Gasteiger partial charge is 0.338 e. The number of furan rings is 1. The van der Waals surface area contributed by atoms with Crippen molar-refractivity contribution in [3.05, 3.63) is 83.3 Å². The van der Waals surface area contributed by atoms with Crippen LogP contribution in [0.15, 0.2) is 76.6 Å². The Kier molecular flexibility index (Phi) is 6.59. The van der Waals surface area contributed by atoms with Gasteiger partial charge in [-0.15, -0.1) is 0 Å². The fourth-order valence-electron chi connectivity index (χ4n) is 8.44. The minimum absolute atomic E-state index is 0.00235. The van der Waals surface area contributed by atoms with E-state index in [0.717, 1.165) is 16.7 Å². The molecule has 2 fully saturated rings. The number of hydrogen-bond donors (Lipinski definition) is 0. The number of hydrogen-bond acceptors (Lipinski definition) is 8. The van der Waals surface area contributed by atoms with Gasteiger partial charge in [0.1, 0.15) is 18.0 Å². The van der Waals surface area contributed by atoms with Crippen molar-refractivity contribution in [2.45, 2.75) is 59.2 Å². The molecule has 220 valence electrons. The molecule has 0 amide bonds. The highest BCUT2D eigenvalue weighted by atomic mass is 16.6. The van der Waals surface area contributed by atoms with Crippen molar-refractivity contribution in [2.75, 3.05) is 7.11 Å². The van der Waals surface area contributed by atoms with Crippen molar-refractivity contribution in [3.8, 4) is 0 Å². The number of Topliss-reactive ketones (excluding diaryl/α,β-unsaturated/α-hetero) is 1. The third-order valence-corrected chi connectivity index (χ3v) is 10.6. The lowest BCUT2D eigenvalue weighted by atomic mass is 9.41. The van der Waals surface area contributed by atoms with E-state index in [9.17, 15) is 19.2 Å². The second kappa shape index (κ2) is 9.82. The standard InChI is InChI=1S/C34H36O8/c1-32(2)25(17-26(35)39-5)34(4)23-11-13-33(3)24(16-27(36)41-29(33)20-12-14-40-18-20)21(23)15-22(28(34)37)30(32)42-31(38)19-9-7-6-8-10-19/h6-10,12,14-16,18,22-23,25,29-30H,11,13,17H2,1-5H3/t22?,23-,25-,29-,30+,33+,34?/m0/s1. The van der Waals surface area contributed by atoms with Crippen LogP contribution in [0.1, 0.15) is 69.0 Å². The van der Waals surface area contributed by atoms with Crippen LogP contribution in [0.25, 0.3) is 0 Å². The molecule has 4 aliphatic rings. The van der Waals surface area contributed by atoms with Crippen LogP contribution in [0.4, 0.5) is 0 Å². The molecule has 1 aliphatic heterocycles. The first kappa shape index (κ1) is 28.2. The molecule has 2 bridgehead atoms. The average Bonchev–Trinajstić information content (AvgIpc) is 3.51. The molecule has 2 heterocycles. The summed E-state index contributed by atoms with van der Waals surface area (Å²) in [4.78, 5) is 53.8. The van der Waals surface area contributed by atoms with Crippen molar-refractivity contribution in [2.24, 2.45) is 34.0 Å². The Morgan fingerprint density at radius 1 is 1.05 bits per heavy atom. The highest BCUT2D eigenvalue weighted by molar-refractivity contribution is 5.96. The van der Waals surface area contributed by atoms with Gasteiger partial charge in [0.2, 0.25) is 0 Å². The lowest BCUT2D eigenvalue weighted by Crippen LogP contribution is -2.66. The number of cyclic esters (lactones) is 1. The van der Waals surface area contributed by atoms with Gasteiger partial charge in [-0.2, -0.15) is 0 Å². The summed E-state index contributed by atoms with van der Waals surface area (Å²) < 4.78 is 22.5. The van der Waals surface area contributed by atoms with Gasteiger partial charge in [0, 0.05) is 34.3 Å². The number of methoxy groups -OCH3 is 1. The summed E-state index contributed by atoms with van der Waals surface area (Å²) in [5.41, 5.74) is 0.597. The summed E-state index contributed by atoms with van der Waals surface area (Å²) in [5.74, 6) is -2.95. The van der Waals surface area contributed by atoms with E-state index in [0.29, 0.717) is 18.4 Å². The van der Waals surface area contributed by atoms with Crippen molar-refractivity contribution in [1.82, 2.24) is 0 Å². The Balaban J connectivity index is 1.50. The number of fused-ring (bicyclic) bond motifs is 6. The van der Waals surface area contributed by atoms with Gasteiger partial charge in [0.15, 0.2) is 0 Å². The number of carbonyl (C=O) groups is 4. The maximum absolute atomic E-state index is 14.5. The first-order chi connectivity index (χ1) is 19.9. The normalized spacial score (nSPS) is 34.6. The summed E-state index contributed by atoms with van der Waals surface area (Å²) in [5, 5.41) is 0. The molecule has 0 N–H and O–H groups in total. The maximum atomic E-state index is 14.5. The molecule has 1 aromatic heterocycles. The minimum atomic E-state index is -0.962. The average molecular weight is 573 g/mol. The van der Waals surface area contributed by atoms with Crippen LogP contribution in [0.2, 0.25) is 0 Å². The fourth-order valence-corrected chi connectivity index (χ4v) is 8.44. The number of benzene rings is 1. The zero-order valence-electron chi connectivity index (χ0n) is 24.5. The van der Waals surface area contributed by atoms with Gasteiger partial charge in [0.05, 0.1) is 31.1 Å². The zero-order valence-corrected chi connectivity index (χ0v) is 24.5. The van der Waals surface area contributed by atoms with Gasteiger partial charge in [-0.25, -0.2) is 9.59 Å². The van der Waals surface area contributed by atoms with E-state index in [1.165, 1.54) is 7.11 Å². The number of ether oxygens (including phenoxy) is 3. The molecule has 2 aromatic rings. The van der Waals surface area contributed by atoms with E-state index in [1.54, 1.807) is 48.9 Å². The van der Waals surface area contributed by atoms with Crippen LogP contribution in [0.3, 0.4) is 0 Å². The number of carbonyl (C=O) groups excluding carboxylic acids is 4. The highest BCUT2D eigenvalue weighted by Gasteiger charge is 2.68. The number of allylic oxidation sites excluding steroid dienone is 1. The second-order valence-corrected chi connectivity index (χ2v) is 13.1. The summed E-state index contributed by atoms with van der Waals surface area (Å²) in [6.07, 6.45) is 6.56. The molecule has 42 heavy (non-hydrogen) atoms. The van der Waals surface area contributed by atoms with Gasteiger partial charge in [-0.3, -0.25) is 9.59 Å². The van der Waals surface area contributed by atoms with Crippen LogP contribution in [0.5, 0.6) is 0 Å². The molecule has 0 saturated heterocycles. The Bertz CT molecular complexity index is 1500. The van der Waals surface area contributed by atoms with E-state index in [-0.39, 0.29) is 18.1 Å². The van der Waals surface area contributed by atoms with Gasteiger partial charge in [-0.1, -0.05) is 52.0 Å². The molecule has 8 heteroatoms. The fraction of sp³-hybridized carbons (Fsp3) is 0.471. The van der Waals surface area contributed by atoms with Crippen molar-refractivity contribution >= 4 is 23.7 Å². The Labute approximate surface area is 245 Å². The lowest BCUT2D eigenvalue weighted by Gasteiger charge is -2.62. The van der Waals surface area contributed by atoms with Crippen LogP contribution < -0.4 is 0 Å². The molecule has 3 aliphatic carbocycles. The summed E-state index contributed by atoms with van der Waals surface area (Å²) in [6, 6.07) is 10.5. The first-order valence-electron chi connectivity index (χ1n) is 14.5. The van der Waals surface area contributed by atoms with Crippen molar-refractivity contribution in [1.29, 1.82) is 0 Å². The number of rotatable bonds is 5. The number of ketones is 1. The summed E-state index contributed by atoms with van der Waals surface area (Å²) >= 11 is 0. The number of esters is 3. The molecule has 1 aromatic carbocycles. The molecular weight excluding hydrogens is 536 g/mol. The molecule has 8 nitrogen and oxygen atoms in total. The molecular formula is C34H36O8. The molecule has 6 rings (SSSR count). The van der Waals surface area contributed by atoms with E-state index in [2.05, 4.69) is 6.92 Å². The quantitative estimate of drug-likeness (QED) is 0.327. The van der Waals surface area contributed by atoms with E-state index >= 15 is 0 Å². The zero-order chi connectivity index (χ0) is 30.0. The third-order valence-electron chi connectivity index (χ3n) is 10.6. The molecule has 7 atom stereocenters. The van der Waals surface area contributed by atoms with Crippen LogP contribution in [-0.4, -0.2) is 36.9 Å². The molecule has 2 unspecified atom stereocenters. The van der Waals surface area contributed by atoms with Gasteiger partial charge in [-0.05, 0) is 54.0 Å². The van der Waals surface area contributed by atoms with Crippen LogP contribution in [0, 0.1) is 34.0 Å². The lowest BCUT2D eigenvalue weighted by molar-refractivity contribution is -0.178. The first-order valence-corrected chi connectivity index (χ1v) is 14.5. The highest BCUT2D eigenvalue weighted by Crippen LogP contribution is 2.67. The van der Waals surface area contributed by atoms with E-state index in [1.807, 2.05) is 32.9 Å². The third kappa shape index (κ3) is 4.02. The largest absolute Gasteiger partial charge is 0.472 e. The second-order valence-electron chi connectivity index (χ2n) is 13.1. The molecule has 2 saturated carbocycles. The van der Waals surface area contributed by atoms with E-state index < -0.39 is 58.2 Å². The Hall–Kier alpha value is -3.94. The Morgan fingerprint density at radius 2 is 1.79 bits per heavy atom. The predicted octanol–water partition coefficient (Wildman–Crippen LogP) is 5.80. The molecule has 0 spiro atoms. The van der Waals surface area contributed by atoms with Crippen LogP contribution in [-0.2, 0) is 28.6 Å². The summed E-state index contributed by atoms with van der Waals surface area (Å²) in [6.45, 7) is 7.97. The van der Waals surface area contributed by atoms with E-state index in [4.69, 9.17) is 18.6 Å². The SMILES string of the molecule is COC(=O)C[C@H]1C(C)(C)[C@H](OC(=O)c2ccccc2)C2C=C3C4=CC(=O)O[C@@H](c5ccoc5)[C@]4(C)CC[C@@H]3C1(C)C2=O. The van der Waals surface area contributed by atoms with Gasteiger partial charge >= 0.3 is 17.9 Å². The van der Waals surface area contributed by atoms with Crippen molar-refractivity contribution < 1.29 is 37.8 Å². The predicted molar refractivity (Wildman–Crippen MR) is 151 cm³/mol. The van der Waals surface area contributed by atoms with Crippen molar-refractivity contribution in [3.63, 3.8) is 0 Å². The minimum Gasteiger partial charge on any atom is -0.472 e. The summed E-state index contributed by atoms with van der Waals surface area (Å²) in [7, 11) is 1.34. The topological polar surface area (TPSA) is 109 Å². The van der Waals surface area contributed by atoms with Crippen LogP contribution >= 0.6 is 0 Å². The Morgan fingerprint density at radius 3 is 2.45 bits per heavy atom. The monoisotopic (exact) mass is 572 g/mol.